The van der Waals surface area contributed by atoms with E-state index in [1.807, 2.05) is 13.0 Å². The van der Waals surface area contributed by atoms with Crippen LogP contribution in [0, 0.1) is 5.82 Å². The van der Waals surface area contributed by atoms with Crippen molar-refractivity contribution in [2.24, 2.45) is 0 Å². The molecular weight excluding hydrogens is 221 g/mol. The summed E-state index contributed by atoms with van der Waals surface area (Å²) in [5.41, 5.74) is 0.926. The zero-order chi connectivity index (χ0) is 12.3. The highest BCUT2D eigenvalue weighted by molar-refractivity contribution is 5.30. The largest absolute Gasteiger partial charge is 0.494 e. The molecule has 0 saturated carbocycles. The van der Waals surface area contributed by atoms with Gasteiger partial charge in [0.2, 0.25) is 0 Å². The monoisotopic (exact) mass is 239 g/mol. The average Bonchev–Trinajstić information content (AvgIpc) is 2.81. The first kappa shape index (κ1) is 12.3. The highest BCUT2D eigenvalue weighted by Gasteiger charge is 2.18. The van der Waals surface area contributed by atoms with E-state index in [-0.39, 0.29) is 17.6 Å². The molecule has 0 aliphatic carbocycles. The van der Waals surface area contributed by atoms with Gasteiger partial charge in [0.25, 0.3) is 0 Å². The zero-order valence-electron chi connectivity index (χ0n) is 10.2. The molecule has 1 fully saturated rings. The molecule has 1 aromatic rings. The molecule has 94 valence electrons. The second-order valence-electron chi connectivity index (χ2n) is 4.34. The molecule has 1 aromatic carbocycles. The van der Waals surface area contributed by atoms with Crippen molar-refractivity contribution in [3.8, 4) is 5.75 Å². The van der Waals surface area contributed by atoms with E-state index in [0.717, 1.165) is 25.2 Å². The first-order valence-electron chi connectivity index (χ1n) is 5.88. The topological polar surface area (TPSA) is 30.5 Å². The minimum atomic E-state index is -0.318. The van der Waals surface area contributed by atoms with Crippen LogP contribution in [0.4, 0.5) is 4.39 Å². The van der Waals surface area contributed by atoms with Crippen LogP contribution in [0.1, 0.15) is 24.9 Å². The Balaban J connectivity index is 2.02. The van der Waals surface area contributed by atoms with E-state index in [1.54, 1.807) is 6.07 Å². The smallest absolute Gasteiger partial charge is 0.165 e. The van der Waals surface area contributed by atoms with Gasteiger partial charge in [-0.3, -0.25) is 0 Å². The highest BCUT2D eigenvalue weighted by atomic mass is 19.1. The summed E-state index contributed by atoms with van der Waals surface area (Å²) in [6.45, 7) is 3.57. The maximum absolute atomic E-state index is 13.5. The lowest BCUT2D eigenvalue weighted by molar-refractivity contribution is 0.188. The summed E-state index contributed by atoms with van der Waals surface area (Å²) in [5.74, 6) is -0.0357. The normalized spacial score (nSPS) is 21.5. The Labute approximate surface area is 101 Å². The van der Waals surface area contributed by atoms with Crippen LogP contribution in [-0.4, -0.2) is 26.4 Å². The lowest BCUT2D eigenvalue weighted by Gasteiger charge is -2.19. The van der Waals surface area contributed by atoms with Crippen molar-refractivity contribution < 1.29 is 13.9 Å². The summed E-state index contributed by atoms with van der Waals surface area (Å²) in [7, 11) is 1.47. The Kier molecular flexibility index (Phi) is 3.97. The molecule has 2 rings (SSSR count). The molecule has 3 nitrogen and oxygen atoms in total. The number of ether oxygens (including phenoxy) is 2. The molecule has 17 heavy (non-hydrogen) atoms. The van der Waals surface area contributed by atoms with Crippen LogP contribution in [0.15, 0.2) is 18.2 Å². The van der Waals surface area contributed by atoms with Crippen molar-refractivity contribution in [1.82, 2.24) is 5.32 Å². The predicted molar refractivity (Wildman–Crippen MR) is 63.7 cm³/mol. The zero-order valence-corrected chi connectivity index (χ0v) is 10.2. The lowest BCUT2D eigenvalue weighted by atomic mass is 10.1. The number of benzene rings is 1. The van der Waals surface area contributed by atoms with Gasteiger partial charge < -0.3 is 14.8 Å². The number of rotatable bonds is 4. The summed E-state index contributed by atoms with van der Waals surface area (Å²) in [4.78, 5) is 0. The Hall–Kier alpha value is -1.13. The van der Waals surface area contributed by atoms with Crippen molar-refractivity contribution in [2.75, 3.05) is 20.3 Å². The third-order valence-corrected chi connectivity index (χ3v) is 3.09. The van der Waals surface area contributed by atoms with Gasteiger partial charge in [0.1, 0.15) is 0 Å². The van der Waals surface area contributed by atoms with Crippen molar-refractivity contribution >= 4 is 0 Å². The summed E-state index contributed by atoms with van der Waals surface area (Å²) in [5, 5.41) is 3.43. The maximum Gasteiger partial charge on any atom is 0.165 e. The molecule has 0 spiro atoms. The fourth-order valence-corrected chi connectivity index (χ4v) is 2.07. The molecule has 4 heteroatoms. The van der Waals surface area contributed by atoms with Gasteiger partial charge in [0, 0.05) is 18.7 Å². The van der Waals surface area contributed by atoms with Crippen molar-refractivity contribution in [3.63, 3.8) is 0 Å². The second-order valence-corrected chi connectivity index (χ2v) is 4.34. The van der Waals surface area contributed by atoms with E-state index in [0.29, 0.717) is 6.04 Å². The average molecular weight is 239 g/mol. The molecule has 2 atom stereocenters. The number of hydrogen-bond donors (Lipinski definition) is 1. The fourth-order valence-electron chi connectivity index (χ4n) is 2.07. The first-order chi connectivity index (χ1) is 8.20. The summed E-state index contributed by atoms with van der Waals surface area (Å²) < 4.78 is 23.7. The van der Waals surface area contributed by atoms with E-state index in [9.17, 15) is 4.39 Å². The second kappa shape index (κ2) is 5.47. The third-order valence-electron chi connectivity index (χ3n) is 3.09. The van der Waals surface area contributed by atoms with Gasteiger partial charge >= 0.3 is 0 Å². The molecule has 1 N–H and O–H groups in total. The quantitative estimate of drug-likeness (QED) is 0.874. The van der Waals surface area contributed by atoms with Gasteiger partial charge in [0.05, 0.1) is 13.7 Å². The number of nitrogens with one attached hydrogen (secondary N) is 1. The van der Waals surface area contributed by atoms with Gasteiger partial charge in [-0.2, -0.15) is 0 Å². The van der Waals surface area contributed by atoms with Crippen molar-refractivity contribution in [2.45, 2.75) is 25.4 Å². The van der Waals surface area contributed by atoms with Crippen LogP contribution in [-0.2, 0) is 4.74 Å². The molecule has 0 bridgehead atoms. The van der Waals surface area contributed by atoms with Gasteiger partial charge in [0.15, 0.2) is 11.6 Å². The van der Waals surface area contributed by atoms with Crippen LogP contribution in [0.25, 0.3) is 0 Å². The molecule has 1 aliphatic rings. The SMILES string of the molecule is COc1ccc(C(C)NC2CCOC2)cc1F. The van der Waals surface area contributed by atoms with E-state index in [2.05, 4.69) is 5.32 Å². The molecule has 0 aromatic heterocycles. The Bertz CT molecular complexity index is 378. The maximum atomic E-state index is 13.5. The van der Waals surface area contributed by atoms with E-state index in [1.165, 1.54) is 13.2 Å². The summed E-state index contributed by atoms with van der Waals surface area (Å²) in [6.07, 6.45) is 1.02. The third kappa shape index (κ3) is 2.96. The minimum Gasteiger partial charge on any atom is -0.494 e. The van der Waals surface area contributed by atoms with Crippen LogP contribution in [0.5, 0.6) is 5.75 Å². The predicted octanol–water partition coefficient (Wildman–Crippen LogP) is 2.27. The standard InChI is InChI=1S/C13H18FNO2/c1-9(15-11-5-6-17-8-11)10-3-4-13(16-2)12(14)7-10/h3-4,7,9,11,15H,5-6,8H2,1-2H3. The van der Waals surface area contributed by atoms with Crippen molar-refractivity contribution in [1.29, 1.82) is 0 Å². The minimum absolute atomic E-state index is 0.113. The highest BCUT2D eigenvalue weighted by Crippen LogP contribution is 2.22. The Morgan fingerprint density at radius 1 is 1.53 bits per heavy atom. The molecule has 1 heterocycles. The summed E-state index contributed by atoms with van der Waals surface area (Å²) >= 11 is 0. The van der Waals surface area contributed by atoms with Gasteiger partial charge in [-0.1, -0.05) is 6.07 Å². The van der Waals surface area contributed by atoms with Crippen molar-refractivity contribution in [3.05, 3.63) is 29.6 Å². The number of hydrogen-bond acceptors (Lipinski definition) is 3. The fraction of sp³-hybridized carbons (Fsp3) is 0.538. The van der Waals surface area contributed by atoms with E-state index >= 15 is 0 Å². The molecular formula is C13H18FNO2. The molecule has 2 unspecified atom stereocenters. The Morgan fingerprint density at radius 2 is 2.35 bits per heavy atom. The van der Waals surface area contributed by atoms with Crippen LogP contribution >= 0.6 is 0 Å². The number of halogens is 1. The Morgan fingerprint density at radius 3 is 2.94 bits per heavy atom. The van der Waals surface area contributed by atoms with Crippen LogP contribution < -0.4 is 10.1 Å². The van der Waals surface area contributed by atoms with Crippen LogP contribution in [0.2, 0.25) is 0 Å². The molecule has 0 amide bonds. The summed E-state index contributed by atoms with van der Waals surface area (Å²) in [6, 6.07) is 5.55. The lowest BCUT2D eigenvalue weighted by Crippen LogP contribution is -2.31. The van der Waals surface area contributed by atoms with E-state index in [4.69, 9.17) is 9.47 Å². The number of methoxy groups -OCH3 is 1. The molecule has 1 saturated heterocycles. The van der Waals surface area contributed by atoms with Gasteiger partial charge in [-0.25, -0.2) is 4.39 Å². The molecule has 0 radical (unpaired) electrons. The van der Waals surface area contributed by atoms with Gasteiger partial charge in [-0.05, 0) is 31.0 Å². The first-order valence-corrected chi connectivity index (χ1v) is 5.88. The van der Waals surface area contributed by atoms with Gasteiger partial charge in [-0.15, -0.1) is 0 Å². The van der Waals surface area contributed by atoms with E-state index < -0.39 is 0 Å². The molecule has 1 aliphatic heterocycles. The van der Waals surface area contributed by atoms with Crippen LogP contribution in [0.3, 0.4) is 0 Å².